The van der Waals surface area contributed by atoms with E-state index >= 15 is 0 Å². The third kappa shape index (κ3) is 5.09. The Bertz CT molecular complexity index is 2120. The van der Waals surface area contributed by atoms with Crippen LogP contribution >= 0.6 is 0 Å². The van der Waals surface area contributed by atoms with Gasteiger partial charge in [0.25, 0.3) is 0 Å². The number of imidazole rings is 1. The number of rotatable bonds is 6. The van der Waals surface area contributed by atoms with Gasteiger partial charge in [0, 0.05) is 12.5 Å². The van der Waals surface area contributed by atoms with Crippen LogP contribution in [-0.4, -0.2) is 24.1 Å². The van der Waals surface area contributed by atoms with Gasteiger partial charge in [-0.25, -0.2) is 9.13 Å². The number of halogens is 1. The Kier molecular flexibility index (Phi) is 7.93. The first-order chi connectivity index (χ1) is 22.0. The topological polar surface area (TPSA) is 38.4 Å². The van der Waals surface area contributed by atoms with Gasteiger partial charge in [0.15, 0.2) is 11.0 Å². The predicted octanol–water partition coefficient (Wildman–Crippen LogP) is 4.50. The lowest BCUT2D eigenvalue weighted by Crippen LogP contribution is -3.00. The zero-order chi connectivity index (χ0) is 30.7. The summed E-state index contributed by atoms with van der Waals surface area (Å²) >= 11 is 0. The van der Waals surface area contributed by atoms with E-state index in [2.05, 4.69) is 120 Å². The van der Waals surface area contributed by atoms with Crippen LogP contribution in [-0.2, 0) is 24.3 Å². The molecule has 1 aliphatic carbocycles. The third-order valence-corrected chi connectivity index (χ3v) is 10.1. The minimum atomic E-state index is 0. The lowest BCUT2D eigenvalue weighted by Gasteiger charge is -2.38. The quantitative estimate of drug-likeness (QED) is 0.245. The van der Waals surface area contributed by atoms with Crippen molar-refractivity contribution in [1.29, 1.82) is 0 Å². The standard InChI is InChI=1S/C40H38N3O2.BrH/c1-26-19-35-36(20-27(26)2)42(23-28-15-16-29-9-4-5-10-30(29)21-28)25-41(35)18-17-38(44)43-24-32-22-31-11-6-7-12-33(31)39(32)34-13-8-14-37(45-3)40(34)43;/h4-16,19-21,25,32,39H,17-18,22-24H2,1-3H3;1H/q+1;/p-1/t32-,39+;/m0./s1. The molecule has 6 heteroatoms. The van der Waals surface area contributed by atoms with Gasteiger partial charge in [-0.05, 0) is 94.6 Å². The molecule has 6 aromatic rings. The molecular formula is C40H38BrN3O2. The highest BCUT2D eigenvalue weighted by molar-refractivity contribution is 5.97. The molecule has 5 nitrogen and oxygen atoms in total. The number of carbonyl (C=O) groups is 1. The fourth-order valence-electron chi connectivity index (χ4n) is 7.79. The van der Waals surface area contributed by atoms with Crippen LogP contribution in [0.3, 0.4) is 0 Å². The number of anilines is 1. The molecule has 2 heterocycles. The summed E-state index contributed by atoms with van der Waals surface area (Å²) in [5.41, 5.74) is 11.1. The van der Waals surface area contributed by atoms with E-state index in [4.69, 9.17) is 4.74 Å². The number of benzene rings is 5. The summed E-state index contributed by atoms with van der Waals surface area (Å²) in [6, 6.07) is 34.8. The number of hydrogen-bond donors (Lipinski definition) is 0. The van der Waals surface area contributed by atoms with Crippen LogP contribution in [0.2, 0.25) is 0 Å². The van der Waals surface area contributed by atoms with Crippen molar-refractivity contribution < 1.29 is 31.1 Å². The molecule has 0 saturated carbocycles. The van der Waals surface area contributed by atoms with E-state index in [0.717, 1.165) is 29.9 Å². The second-order valence-electron chi connectivity index (χ2n) is 12.8. The third-order valence-electron chi connectivity index (χ3n) is 10.1. The zero-order valence-electron chi connectivity index (χ0n) is 26.5. The van der Waals surface area contributed by atoms with Gasteiger partial charge in [-0.2, -0.15) is 0 Å². The number of nitrogens with zero attached hydrogens (tertiary/aromatic N) is 3. The van der Waals surface area contributed by atoms with Crippen LogP contribution in [0.5, 0.6) is 5.75 Å². The molecule has 0 radical (unpaired) electrons. The first-order valence-corrected chi connectivity index (χ1v) is 16.0. The van der Waals surface area contributed by atoms with E-state index in [1.54, 1.807) is 7.11 Å². The van der Waals surface area contributed by atoms with Crippen LogP contribution in [0.4, 0.5) is 5.69 Å². The minimum Gasteiger partial charge on any atom is -1.00 e. The highest BCUT2D eigenvalue weighted by atomic mass is 79.9. The van der Waals surface area contributed by atoms with Crippen LogP contribution in [0, 0.1) is 19.8 Å². The van der Waals surface area contributed by atoms with Crippen molar-refractivity contribution in [2.45, 2.75) is 45.7 Å². The number of para-hydroxylation sites is 1. The molecule has 8 rings (SSSR count). The number of fused-ring (bicyclic) bond motifs is 7. The van der Waals surface area contributed by atoms with Crippen LogP contribution < -0.4 is 31.2 Å². The summed E-state index contributed by atoms with van der Waals surface area (Å²) in [5.74, 6) is 1.58. The van der Waals surface area contributed by atoms with Crippen LogP contribution in [0.1, 0.15) is 45.7 Å². The molecule has 2 aliphatic rings. The van der Waals surface area contributed by atoms with E-state index < -0.39 is 0 Å². The van der Waals surface area contributed by atoms with Crippen molar-refractivity contribution in [2.75, 3.05) is 18.6 Å². The number of carbonyl (C=O) groups excluding carboxylic acids is 1. The second kappa shape index (κ2) is 12.1. The van der Waals surface area contributed by atoms with Gasteiger partial charge in [0.2, 0.25) is 12.2 Å². The van der Waals surface area contributed by atoms with Crippen molar-refractivity contribution in [3.63, 3.8) is 0 Å². The number of amides is 1. The number of methoxy groups -OCH3 is 1. The highest BCUT2D eigenvalue weighted by Gasteiger charge is 2.42. The summed E-state index contributed by atoms with van der Waals surface area (Å²) in [7, 11) is 1.71. The maximum absolute atomic E-state index is 14.2. The SMILES string of the molecule is COc1cccc2c1N(C(=O)CCn1c[n+](Cc3ccc4ccccc4c3)c3cc(C)c(C)cc31)C[C@@H]1Cc3ccccc3[C@H]21.[Br-]. The van der Waals surface area contributed by atoms with E-state index in [1.807, 2.05) is 11.0 Å². The molecule has 0 bridgehead atoms. The first-order valence-electron chi connectivity index (χ1n) is 16.0. The minimum absolute atomic E-state index is 0. The predicted molar refractivity (Wildman–Crippen MR) is 180 cm³/mol. The smallest absolute Gasteiger partial charge is 0.245 e. The van der Waals surface area contributed by atoms with E-state index in [0.29, 0.717) is 31.3 Å². The van der Waals surface area contributed by atoms with Crippen molar-refractivity contribution >= 4 is 33.4 Å². The van der Waals surface area contributed by atoms with E-state index in [1.165, 1.54) is 49.7 Å². The second-order valence-corrected chi connectivity index (χ2v) is 12.8. The molecular weight excluding hydrogens is 634 g/mol. The van der Waals surface area contributed by atoms with Gasteiger partial charge in [0.05, 0.1) is 25.8 Å². The number of hydrogen-bond acceptors (Lipinski definition) is 2. The Morgan fingerprint density at radius 3 is 2.48 bits per heavy atom. The van der Waals surface area contributed by atoms with Gasteiger partial charge in [-0.3, -0.25) is 4.79 Å². The summed E-state index contributed by atoms with van der Waals surface area (Å²) in [4.78, 5) is 16.2. The average Bonchev–Trinajstić information content (AvgIpc) is 3.60. The summed E-state index contributed by atoms with van der Waals surface area (Å²) < 4.78 is 10.5. The largest absolute Gasteiger partial charge is 1.00 e. The van der Waals surface area contributed by atoms with Crippen molar-refractivity contribution in [1.82, 2.24) is 4.57 Å². The van der Waals surface area contributed by atoms with Crippen LogP contribution in [0.25, 0.3) is 21.8 Å². The molecule has 5 aromatic carbocycles. The molecule has 0 fully saturated rings. The van der Waals surface area contributed by atoms with E-state index in [9.17, 15) is 4.79 Å². The van der Waals surface area contributed by atoms with Gasteiger partial charge < -0.3 is 26.6 Å². The van der Waals surface area contributed by atoms with E-state index in [-0.39, 0.29) is 22.9 Å². The van der Waals surface area contributed by atoms with Crippen LogP contribution in [0.15, 0.2) is 103 Å². The maximum atomic E-state index is 14.2. The lowest BCUT2D eigenvalue weighted by molar-refractivity contribution is -0.663. The molecule has 0 spiro atoms. The Labute approximate surface area is 280 Å². The van der Waals surface area contributed by atoms with Crippen molar-refractivity contribution in [3.05, 3.63) is 137 Å². The number of ether oxygens (including phenoxy) is 1. The molecule has 1 amide bonds. The summed E-state index contributed by atoms with van der Waals surface area (Å²) in [6.07, 6.45) is 3.60. The summed E-state index contributed by atoms with van der Waals surface area (Å²) in [5, 5.41) is 2.50. The molecule has 46 heavy (non-hydrogen) atoms. The lowest BCUT2D eigenvalue weighted by atomic mass is 9.81. The summed E-state index contributed by atoms with van der Waals surface area (Å²) in [6.45, 7) is 6.42. The molecule has 0 N–H and O–H groups in total. The van der Waals surface area contributed by atoms with Crippen molar-refractivity contribution in [2.24, 2.45) is 5.92 Å². The average molecular weight is 673 g/mol. The monoisotopic (exact) mass is 671 g/mol. The van der Waals surface area contributed by atoms with Gasteiger partial charge in [-0.1, -0.05) is 72.8 Å². The van der Waals surface area contributed by atoms with Crippen molar-refractivity contribution in [3.8, 4) is 5.75 Å². The molecule has 232 valence electrons. The zero-order valence-corrected chi connectivity index (χ0v) is 28.1. The Morgan fingerprint density at radius 1 is 0.870 bits per heavy atom. The Balaban J connectivity index is 0.00000338. The maximum Gasteiger partial charge on any atom is 0.245 e. The molecule has 0 saturated heterocycles. The van der Waals surface area contributed by atoms with Gasteiger partial charge >= 0.3 is 0 Å². The molecule has 0 unspecified atom stereocenters. The van der Waals surface area contributed by atoms with Gasteiger partial charge in [-0.15, -0.1) is 0 Å². The number of aromatic nitrogens is 2. The number of aryl methyl sites for hydroxylation is 3. The molecule has 1 aromatic heterocycles. The fourth-order valence-corrected chi connectivity index (χ4v) is 7.79. The van der Waals surface area contributed by atoms with Gasteiger partial charge in [0.1, 0.15) is 12.3 Å². The first kappa shape index (κ1) is 30.2. The molecule has 2 atom stereocenters. The normalized spacial score (nSPS) is 16.5. The molecule has 1 aliphatic heterocycles. The fraction of sp³-hybridized carbons (Fsp3) is 0.250. The Hall–Kier alpha value is -4.42. The Morgan fingerprint density at radius 2 is 1.63 bits per heavy atom. The highest BCUT2D eigenvalue weighted by Crippen LogP contribution is 2.51.